The average Bonchev–Trinajstić information content (AvgIpc) is 3.21. The minimum atomic E-state index is -0.0942. The standard InChI is InChI=1S/C20H24N2O2.ClH/c1-13(20(23)22-11-17-9-21-10-18(17)12-22)14-3-4-16-8-19(24-2)6-5-15(16)7-14;/h3-8,13,17-18,21H,9-12H2,1-2H3;1H/t13?,17-,18+;. The summed E-state index contributed by atoms with van der Waals surface area (Å²) in [6, 6.07) is 12.3. The first-order chi connectivity index (χ1) is 11.7. The molecule has 0 aromatic heterocycles. The predicted octanol–water partition coefficient (Wildman–Crippen LogP) is 3.05. The van der Waals surface area contributed by atoms with Crippen molar-refractivity contribution >= 4 is 29.1 Å². The number of likely N-dealkylation sites (tertiary alicyclic amines) is 1. The van der Waals surface area contributed by atoms with Crippen molar-refractivity contribution in [1.29, 1.82) is 0 Å². The van der Waals surface area contributed by atoms with Crippen molar-refractivity contribution in [1.82, 2.24) is 10.2 Å². The second kappa shape index (κ2) is 7.22. The number of rotatable bonds is 3. The van der Waals surface area contributed by atoms with Crippen molar-refractivity contribution in [3.05, 3.63) is 42.0 Å². The molecule has 0 bridgehead atoms. The van der Waals surface area contributed by atoms with Gasteiger partial charge in [0, 0.05) is 26.2 Å². The van der Waals surface area contributed by atoms with Gasteiger partial charge in [-0.1, -0.05) is 24.3 Å². The van der Waals surface area contributed by atoms with Crippen LogP contribution in [0.4, 0.5) is 0 Å². The van der Waals surface area contributed by atoms with Gasteiger partial charge in [-0.25, -0.2) is 0 Å². The van der Waals surface area contributed by atoms with Crippen LogP contribution in [-0.4, -0.2) is 44.1 Å². The van der Waals surface area contributed by atoms with Crippen LogP contribution in [-0.2, 0) is 4.79 Å². The number of hydrogen-bond donors (Lipinski definition) is 1. The van der Waals surface area contributed by atoms with E-state index in [0.29, 0.717) is 11.8 Å². The number of ether oxygens (including phenoxy) is 1. The van der Waals surface area contributed by atoms with E-state index in [-0.39, 0.29) is 24.2 Å². The third kappa shape index (κ3) is 3.33. The Morgan fingerprint density at radius 3 is 2.44 bits per heavy atom. The molecule has 0 saturated carbocycles. The van der Waals surface area contributed by atoms with Crippen LogP contribution in [0.25, 0.3) is 10.8 Å². The quantitative estimate of drug-likeness (QED) is 0.914. The lowest BCUT2D eigenvalue weighted by Gasteiger charge is -2.22. The molecule has 2 heterocycles. The summed E-state index contributed by atoms with van der Waals surface area (Å²) >= 11 is 0. The van der Waals surface area contributed by atoms with E-state index in [9.17, 15) is 4.79 Å². The van der Waals surface area contributed by atoms with Crippen molar-refractivity contribution < 1.29 is 9.53 Å². The Bertz CT molecular complexity index is 767. The molecular weight excluding hydrogens is 336 g/mol. The largest absolute Gasteiger partial charge is 0.497 e. The molecule has 2 aromatic rings. The van der Waals surface area contributed by atoms with Gasteiger partial charge in [-0.3, -0.25) is 4.79 Å². The number of hydrogen-bond acceptors (Lipinski definition) is 3. The fourth-order valence-corrected chi connectivity index (χ4v) is 4.09. The number of amides is 1. The topological polar surface area (TPSA) is 41.6 Å². The molecule has 134 valence electrons. The maximum Gasteiger partial charge on any atom is 0.229 e. The van der Waals surface area contributed by atoms with Gasteiger partial charge in [-0.2, -0.15) is 0 Å². The molecule has 5 heteroatoms. The van der Waals surface area contributed by atoms with Gasteiger partial charge < -0.3 is 15.0 Å². The molecule has 0 radical (unpaired) electrons. The fourth-order valence-electron chi connectivity index (χ4n) is 4.09. The molecule has 25 heavy (non-hydrogen) atoms. The Kier molecular flexibility index (Phi) is 5.21. The molecule has 2 aromatic carbocycles. The highest BCUT2D eigenvalue weighted by molar-refractivity contribution is 5.88. The molecule has 2 saturated heterocycles. The van der Waals surface area contributed by atoms with Crippen LogP contribution in [0.3, 0.4) is 0 Å². The van der Waals surface area contributed by atoms with Crippen LogP contribution in [0.2, 0.25) is 0 Å². The summed E-state index contributed by atoms with van der Waals surface area (Å²) in [4.78, 5) is 15.0. The van der Waals surface area contributed by atoms with E-state index in [1.54, 1.807) is 7.11 Å². The first-order valence-electron chi connectivity index (χ1n) is 8.73. The monoisotopic (exact) mass is 360 g/mol. The van der Waals surface area contributed by atoms with E-state index in [2.05, 4.69) is 34.5 Å². The highest BCUT2D eigenvalue weighted by atomic mass is 35.5. The maximum absolute atomic E-state index is 12.9. The number of methoxy groups -OCH3 is 1. The van der Waals surface area contributed by atoms with Crippen LogP contribution in [0.15, 0.2) is 36.4 Å². The van der Waals surface area contributed by atoms with Gasteiger partial charge in [-0.05, 0) is 47.2 Å². The van der Waals surface area contributed by atoms with Crippen molar-refractivity contribution in [2.45, 2.75) is 12.8 Å². The number of benzene rings is 2. The summed E-state index contributed by atoms with van der Waals surface area (Å²) in [5.74, 6) is 2.31. The highest BCUT2D eigenvalue weighted by Gasteiger charge is 2.39. The summed E-state index contributed by atoms with van der Waals surface area (Å²) in [6.45, 7) is 5.96. The van der Waals surface area contributed by atoms with Crippen LogP contribution in [0.1, 0.15) is 18.4 Å². The van der Waals surface area contributed by atoms with E-state index >= 15 is 0 Å². The van der Waals surface area contributed by atoms with Crippen LogP contribution < -0.4 is 10.1 Å². The third-order valence-corrected chi connectivity index (χ3v) is 5.64. The first kappa shape index (κ1) is 18.0. The van der Waals surface area contributed by atoms with Gasteiger partial charge in [0.1, 0.15) is 5.75 Å². The summed E-state index contributed by atoms with van der Waals surface area (Å²) in [5, 5.41) is 5.71. The van der Waals surface area contributed by atoms with Crippen LogP contribution >= 0.6 is 12.4 Å². The molecule has 4 rings (SSSR count). The SMILES string of the molecule is COc1ccc2cc(C(C)C(=O)N3C[C@H]4CNC[C@H]4C3)ccc2c1.Cl. The lowest BCUT2D eigenvalue weighted by Crippen LogP contribution is -2.34. The molecule has 1 N–H and O–H groups in total. The molecular formula is C20H25ClN2O2. The van der Waals surface area contributed by atoms with E-state index in [1.165, 1.54) is 0 Å². The molecule has 1 unspecified atom stereocenters. The summed E-state index contributed by atoms with van der Waals surface area (Å²) < 4.78 is 5.28. The predicted molar refractivity (Wildman–Crippen MR) is 103 cm³/mol. The number of nitrogens with one attached hydrogen (secondary N) is 1. The Balaban J connectivity index is 0.00000182. The van der Waals surface area contributed by atoms with Crippen molar-refractivity contribution in [2.24, 2.45) is 11.8 Å². The van der Waals surface area contributed by atoms with E-state index < -0.39 is 0 Å². The highest BCUT2D eigenvalue weighted by Crippen LogP contribution is 2.30. The van der Waals surface area contributed by atoms with Crippen molar-refractivity contribution in [3.63, 3.8) is 0 Å². The third-order valence-electron chi connectivity index (χ3n) is 5.64. The van der Waals surface area contributed by atoms with E-state index in [4.69, 9.17) is 4.74 Å². The van der Waals surface area contributed by atoms with Crippen LogP contribution in [0.5, 0.6) is 5.75 Å². The van der Waals surface area contributed by atoms with Gasteiger partial charge in [0.05, 0.1) is 13.0 Å². The Morgan fingerprint density at radius 2 is 1.76 bits per heavy atom. The van der Waals surface area contributed by atoms with Crippen molar-refractivity contribution in [2.75, 3.05) is 33.3 Å². The first-order valence-corrected chi connectivity index (χ1v) is 8.73. The molecule has 0 aliphatic carbocycles. The number of fused-ring (bicyclic) bond motifs is 2. The minimum absolute atomic E-state index is 0. The molecule has 2 fully saturated rings. The number of carbonyl (C=O) groups is 1. The van der Waals surface area contributed by atoms with Gasteiger partial charge in [0.25, 0.3) is 0 Å². The normalized spacial score (nSPS) is 23.2. The molecule has 2 aliphatic heterocycles. The molecule has 3 atom stereocenters. The Hall–Kier alpha value is -1.78. The zero-order chi connectivity index (χ0) is 16.7. The maximum atomic E-state index is 12.9. The molecule has 4 nitrogen and oxygen atoms in total. The minimum Gasteiger partial charge on any atom is -0.497 e. The second-order valence-electron chi connectivity index (χ2n) is 7.12. The summed E-state index contributed by atoms with van der Waals surface area (Å²) in [6.07, 6.45) is 0. The summed E-state index contributed by atoms with van der Waals surface area (Å²) in [7, 11) is 1.68. The number of carbonyl (C=O) groups excluding carboxylic acids is 1. The Labute approximate surface area is 154 Å². The second-order valence-corrected chi connectivity index (χ2v) is 7.12. The lowest BCUT2D eigenvalue weighted by atomic mass is 9.96. The number of nitrogens with zero attached hydrogens (tertiary/aromatic N) is 1. The Morgan fingerprint density at radius 1 is 1.12 bits per heavy atom. The van der Waals surface area contributed by atoms with Gasteiger partial charge in [0.2, 0.25) is 5.91 Å². The lowest BCUT2D eigenvalue weighted by molar-refractivity contribution is -0.131. The van der Waals surface area contributed by atoms with Crippen molar-refractivity contribution in [3.8, 4) is 5.75 Å². The van der Waals surface area contributed by atoms with Crippen LogP contribution in [0, 0.1) is 11.8 Å². The zero-order valence-electron chi connectivity index (χ0n) is 14.7. The smallest absolute Gasteiger partial charge is 0.229 e. The molecule has 2 aliphatic rings. The van der Waals surface area contributed by atoms with Gasteiger partial charge >= 0.3 is 0 Å². The average molecular weight is 361 g/mol. The van der Waals surface area contributed by atoms with Gasteiger partial charge in [-0.15, -0.1) is 12.4 Å². The fraction of sp³-hybridized carbons (Fsp3) is 0.450. The number of halogens is 1. The van der Waals surface area contributed by atoms with E-state index in [1.807, 2.05) is 19.1 Å². The molecule has 0 spiro atoms. The van der Waals surface area contributed by atoms with Gasteiger partial charge in [0.15, 0.2) is 0 Å². The zero-order valence-corrected chi connectivity index (χ0v) is 15.5. The summed E-state index contributed by atoms with van der Waals surface area (Å²) in [5.41, 5.74) is 1.09. The van der Waals surface area contributed by atoms with E-state index in [0.717, 1.165) is 48.3 Å². The molecule has 1 amide bonds.